The molecule has 0 aliphatic rings. The highest BCUT2D eigenvalue weighted by atomic mass is 16.5. The average molecular weight is 293 g/mol. The third-order valence-corrected chi connectivity index (χ3v) is 3.14. The van der Waals surface area contributed by atoms with E-state index in [-0.39, 0.29) is 12.2 Å². The van der Waals surface area contributed by atoms with Crippen molar-refractivity contribution in [2.45, 2.75) is 19.4 Å². The van der Waals surface area contributed by atoms with Gasteiger partial charge in [-0.05, 0) is 11.6 Å². The highest BCUT2D eigenvalue weighted by Crippen LogP contribution is 2.23. The number of hydrogen-bond donors (Lipinski definition) is 0. The maximum Gasteiger partial charge on any atom is 0.303 e. The molecule has 4 heteroatoms. The van der Waals surface area contributed by atoms with Gasteiger partial charge in [0, 0.05) is 18.1 Å². The van der Waals surface area contributed by atoms with Crippen LogP contribution in [0.4, 0.5) is 0 Å². The first-order valence-corrected chi connectivity index (χ1v) is 6.85. The summed E-state index contributed by atoms with van der Waals surface area (Å²) in [5.41, 5.74) is 1.72. The monoisotopic (exact) mass is 293 g/mol. The minimum Gasteiger partial charge on any atom is -0.457 e. The number of nitrogens with zero attached hydrogens (tertiary/aromatic N) is 1. The molecule has 4 nitrogen and oxygen atoms in total. The molecule has 1 atom stereocenters. The molecule has 0 aromatic heterocycles. The van der Waals surface area contributed by atoms with Crippen LogP contribution in [0.25, 0.3) is 0 Å². The highest BCUT2D eigenvalue weighted by Gasteiger charge is 2.17. The van der Waals surface area contributed by atoms with Gasteiger partial charge < -0.3 is 4.74 Å². The standard InChI is InChI=1S/C18H15NO3/c1-13(20)22-17(10-11-19)15-8-5-9-16(12-15)18(21)14-6-3-2-4-7-14/h2-9,12,17H,10H2,1H3. The zero-order valence-electron chi connectivity index (χ0n) is 12.2. The Kier molecular flexibility index (Phi) is 5.05. The summed E-state index contributed by atoms with van der Waals surface area (Å²) in [6, 6.07) is 17.8. The lowest BCUT2D eigenvalue weighted by atomic mass is 9.98. The third kappa shape index (κ3) is 3.80. The second-order valence-electron chi connectivity index (χ2n) is 4.78. The van der Waals surface area contributed by atoms with Gasteiger partial charge >= 0.3 is 5.97 Å². The van der Waals surface area contributed by atoms with Crippen LogP contribution in [0.15, 0.2) is 54.6 Å². The zero-order valence-corrected chi connectivity index (χ0v) is 12.2. The topological polar surface area (TPSA) is 67.2 Å². The zero-order chi connectivity index (χ0) is 15.9. The molecule has 2 rings (SSSR count). The minimum absolute atomic E-state index is 0.0442. The second-order valence-corrected chi connectivity index (χ2v) is 4.78. The predicted molar refractivity (Wildman–Crippen MR) is 81.1 cm³/mol. The van der Waals surface area contributed by atoms with Crippen molar-refractivity contribution >= 4 is 11.8 Å². The Morgan fingerprint density at radius 1 is 1.09 bits per heavy atom. The molecule has 0 amide bonds. The molecule has 0 aliphatic carbocycles. The van der Waals surface area contributed by atoms with E-state index >= 15 is 0 Å². The summed E-state index contributed by atoms with van der Waals surface area (Å²) in [7, 11) is 0. The van der Waals surface area contributed by atoms with Gasteiger partial charge in [0.2, 0.25) is 0 Å². The number of nitriles is 1. The van der Waals surface area contributed by atoms with Crippen LogP contribution in [0.2, 0.25) is 0 Å². The van der Waals surface area contributed by atoms with E-state index < -0.39 is 12.1 Å². The van der Waals surface area contributed by atoms with Crippen LogP contribution in [0, 0.1) is 11.3 Å². The van der Waals surface area contributed by atoms with E-state index in [0.29, 0.717) is 16.7 Å². The van der Waals surface area contributed by atoms with Crippen LogP contribution < -0.4 is 0 Å². The molecule has 0 aliphatic heterocycles. The molecular formula is C18H15NO3. The fourth-order valence-electron chi connectivity index (χ4n) is 2.15. The van der Waals surface area contributed by atoms with Crippen LogP contribution in [-0.4, -0.2) is 11.8 Å². The summed E-state index contributed by atoms with van der Waals surface area (Å²) in [6.07, 6.45) is -0.617. The molecule has 2 aromatic carbocycles. The van der Waals surface area contributed by atoms with Gasteiger partial charge in [0.05, 0.1) is 12.5 Å². The van der Waals surface area contributed by atoms with Crippen molar-refractivity contribution in [3.63, 3.8) is 0 Å². The fraction of sp³-hybridized carbons (Fsp3) is 0.167. The van der Waals surface area contributed by atoms with Gasteiger partial charge in [0.25, 0.3) is 0 Å². The molecule has 1 unspecified atom stereocenters. The molecule has 0 heterocycles. The van der Waals surface area contributed by atoms with Gasteiger partial charge in [-0.15, -0.1) is 0 Å². The van der Waals surface area contributed by atoms with Crippen molar-refractivity contribution in [2.24, 2.45) is 0 Å². The van der Waals surface area contributed by atoms with E-state index in [0.717, 1.165) is 0 Å². The number of ether oxygens (including phenoxy) is 1. The maximum absolute atomic E-state index is 12.4. The normalized spacial score (nSPS) is 11.3. The van der Waals surface area contributed by atoms with E-state index in [1.807, 2.05) is 12.1 Å². The number of carbonyl (C=O) groups is 2. The molecule has 0 radical (unpaired) electrons. The lowest BCUT2D eigenvalue weighted by Crippen LogP contribution is -2.09. The maximum atomic E-state index is 12.4. The number of esters is 1. The minimum atomic E-state index is -0.661. The second kappa shape index (κ2) is 7.19. The fourth-order valence-corrected chi connectivity index (χ4v) is 2.15. The number of ketones is 1. The molecule has 110 valence electrons. The summed E-state index contributed by atoms with van der Waals surface area (Å²) in [6.45, 7) is 1.29. The van der Waals surface area contributed by atoms with Gasteiger partial charge in [-0.3, -0.25) is 9.59 Å². The molecule has 0 N–H and O–H groups in total. The number of rotatable bonds is 5. The number of benzene rings is 2. The first-order chi connectivity index (χ1) is 10.6. The van der Waals surface area contributed by atoms with Crippen LogP contribution in [0.5, 0.6) is 0 Å². The van der Waals surface area contributed by atoms with Crippen molar-refractivity contribution in [3.8, 4) is 6.07 Å². The summed E-state index contributed by atoms with van der Waals surface area (Å²) < 4.78 is 5.14. The Balaban J connectivity index is 2.31. The van der Waals surface area contributed by atoms with Crippen LogP contribution >= 0.6 is 0 Å². The van der Waals surface area contributed by atoms with Crippen molar-refractivity contribution in [1.29, 1.82) is 5.26 Å². The molecule has 0 saturated carbocycles. The smallest absolute Gasteiger partial charge is 0.303 e. The first-order valence-electron chi connectivity index (χ1n) is 6.85. The molecule has 2 aromatic rings. The molecular weight excluding hydrogens is 278 g/mol. The molecule has 0 saturated heterocycles. The van der Waals surface area contributed by atoms with E-state index in [9.17, 15) is 9.59 Å². The van der Waals surface area contributed by atoms with E-state index in [1.165, 1.54) is 6.92 Å². The average Bonchev–Trinajstić information content (AvgIpc) is 2.54. The third-order valence-electron chi connectivity index (χ3n) is 3.14. The van der Waals surface area contributed by atoms with E-state index in [2.05, 4.69) is 0 Å². The lowest BCUT2D eigenvalue weighted by molar-refractivity contribution is -0.146. The number of carbonyl (C=O) groups excluding carboxylic acids is 2. The van der Waals surface area contributed by atoms with Gasteiger partial charge in [-0.25, -0.2) is 0 Å². The van der Waals surface area contributed by atoms with Crippen LogP contribution in [0.1, 0.15) is 40.9 Å². The van der Waals surface area contributed by atoms with Crippen molar-refractivity contribution in [1.82, 2.24) is 0 Å². The quantitative estimate of drug-likeness (QED) is 0.625. The van der Waals surface area contributed by atoms with Gasteiger partial charge in [0.1, 0.15) is 6.10 Å². The summed E-state index contributed by atoms with van der Waals surface area (Å²) >= 11 is 0. The summed E-state index contributed by atoms with van der Waals surface area (Å²) in [4.78, 5) is 23.6. The highest BCUT2D eigenvalue weighted by molar-refractivity contribution is 6.09. The molecule has 0 bridgehead atoms. The van der Waals surface area contributed by atoms with E-state index in [1.54, 1.807) is 48.5 Å². The Hall–Kier alpha value is -2.93. The SMILES string of the molecule is CC(=O)OC(CC#N)c1cccc(C(=O)c2ccccc2)c1. The predicted octanol–water partition coefficient (Wildman–Crippen LogP) is 3.44. The lowest BCUT2D eigenvalue weighted by Gasteiger charge is -2.15. The Labute approximate surface area is 129 Å². The first kappa shape index (κ1) is 15.5. The van der Waals surface area contributed by atoms with Crippen molar-refractivity contribution in [3.05, 3.63) is 71.3 Å². The Morgan fingerprint density at radius 2 is 1.77 bits per heavy atom. The molecule has 0 spiro atoms. The largest absolute Gasteiger partial charge is 0.457 e. The molecule has 22 heavy (non-hydrogen) atoms. The Bertz CT molecular complexity index is 717. The van der Waals surface area contributed by atoms with Crippen molar-refractivity contribution in [2.75, 3.05) is 0 Å². The van der Waals surface area contributed by atoms with Crippen LogP contribution in [0.3, 0.4) is 0 Å². The van der Waals surface area contributed by atoms with Crippen LogP contribution in [-0.2, 0) is 9.53 Å². The van der Waals surface area contributed by atoms with Crippen molar-refractivity contribution < 1.29 is 14.3 Å². The van der Waals surface area contributed by atoms with Gasteiger partial charge in [0.15, 0.2) is 5.78 Å². The Morgan fingerprint density at radius 3 is 2.41 bits per heavy atom. The number of hydrogen-bond acceptors (Lipinski definition) is 4. The van der Waals surface area contributed by atoms with Gasteiger partial charge in [-0.2, -0.15) is 5.26 Å². The summed E-state index contributed by atoms with van der Waals surface area (Å²) in [5.74, 6) is -0.568. The molecule has 0 fully saturated rings. The summed E-state index contributed by atoms with van der Waals surface area (Å²) in [5, 5.41) is 8.86. The van der Waals surface area contributed by atoms with Gasteiger partial charge in [-0.1, -0.05) is 48.5 Å². The van der Waals surface area contributed by atoms with E-state index in [4.69, 9.17) is 10.00 Å².